The van der Waals surface area contributed by atoms with Gasteiger partial charge in [0.25, 0.3) is 0 Å². The number of rotatable bonds is 1. The molecule has 0 bridgehead atoms. The van der Waals surface area contributed by atoms with E-state index in [1.54, 1.807) is 0 Å². The molecule has 1 aromatic carbocycles. The van der Waals surface area contributed by atoms with Crippen LogP contribution in [-0.4, -0.2) is 11.2 Å². The summed E-state index contributed by atoms with van der Waals surface area (Å²) in [6, 6.07) is 10.6. The van der Waals surface area contributed by atoms with Crippen molar-refractivity contribution in [1.82, 2.24) is 0 Å². The molecule has 4 atom stereocenters. The Labute approximate surface area is 104 Å². The normalized spacial score (nSPS) is 37.5. The maximum absolute atomic E-state index is 10.4. The molecule has 2 saturated carbocycles. The number of hydrogen-bond donors (Lipinski definition) is 1. The molecule has 0 aliphatic heterocycles. The lowest BCUT2D eigenvalue weighted by atomic mass is 9.65. The molecule has 2 fully saturated rings. The Morgan fingerprint density at radius 3 is 2.24 bits per heavy atom. The predicted molar refractivity (Wildman–Crippen MR) is 69.9 cm³/mol. The fourth-order valence-electron chi connectivity index (χ4n) is 3.92. The highest BCUT2D eigenvalue weighted by Gasteiger charge is 2.37. The third kappa shape index (κ3) is 2.26. The molecule has 1 nitrogen and oxygen atoms in total. The smallest absolute Gasteiger partial charge is 0.0611 e. The van der Waals surface area contributed by atoms with Gasteiger partial charge in [0.1, 0.15) is 0 Å². The molecular formula is C16H22O. The zero-order valence-corrected chi connectivity index (χ0v) is 10.4. The van der Waals surface area contributed by atoms with Crippen molar-refractivity contribution >= 4 is 0 Å². The average Bonchev–Trinajstić information content (AvgIpc) is 2.39. The second-order valence-electron chi connectivity index (χ2n) is 5.86. The summed E-state index contributed by atoms with van der Waals surface area (Å²) >= 11 is 0. The van der Waals surface area contributed by atoms with E-state index in [2.05, 4.69) is 30.3 Å². The van der Waals surface area contributed by atoms with Gasteiger partial charge in [0.2, 0.25) is 0 Å². The van der Waals surface area contributed by atoms with Gasteiger partial charge >= 0.3 is 0 Å². The lowest BCUT2D eigenvalue weighted by Crippen LogP contribution is -2.35. The van der Waals surface area contributed by atoms with Crippen LogP contribution in [0, 0.1) is 11.8 Å². The van der Waals surface area contributed by atoms with E-state index in [9.17, 15) is 5.11 Å². The van der Waals surface area contributed by atoms with Crippen molar-refractivity contribution in [2.75, 3.05) is 0 Å². The monoisotopic (exact) mass is 230 g/mol. The summed E-state index contributed by atoms with van der Waals surface area (Å²) in [6.45, 7) is 0. The molecule has 17 heavy (non-hydrogen) atoms. The van der Waals surface area contributed by atoms with Gasteiger partial charge in [0.05, 0.1) is 6.10 Å². The molecule has 1 N–H and O–H groups in total. The van der Waals surface area contributed by atoms with E-state index in [1.165, 1.54) is 37.7 Å². The summed E-state index contributed by atoms with van der Waals surface area (Å²) in [5, 5.41) is 10.4. The summed E-state index contributed by atoms with van der Waals surface area (Å²) in [5.74, 6) is 2.06. The van der Waals surface area contributed by atoms with Crippen LogP contribution in [0.1, 0.15) is 50.0 Å². The minimum Gasteiger partial charge on any atom is -0.392 e. The Hall–Kier alpha value is -0.820. The molecule has 1 aromatic rings. The first kappa shape index (κ1) is 11.3. The summed E-state index contributed by atoms with van der Waals surface area (Å²) in [4.78, 5) is 0. The fourth-order valence-corrected chi connectivity index (χ4v) is 3.92. The molecule has 1 heteroatoms. The molecule has 0 amide bonds. The van der Waals surface area contributed by atoms with Gasteiger partial charge in [0.15, 0.2) is 0 Å². The van der Waals surface area contributed by atoms with Crippen LogP contribution in [0.4, 0.5) is 0 Å². The van der Waals surface area contributed by atoms with Crippen LogP contribution in [-0.2, 0) is 0 Å². The number of fused-ring (bicyclic) bond motifs is 1. The number of benzene rings is 1. The van der Waals surface area contributed by atoms with Gasteiger partial charge in [-0.15, -0.1) is 0 Å². The van der Waals surface area contributed by atoms with Crippen molar-refractivity contribution in [3.63, 3.8) is 0 Å². The Balaban J connectivity index is 1.78. The van der Waals surface area contributed by atoms with E-state index >= 15 is 0 Å². The van der Waals surface area contributed by atoms with Crippen molar-refractivity contribution in [2.45, 2.75) is 50.5 Å². The number of aliphatic hydroxyl groups is 1. The molecule has 2 aliphatic carbocycles. The van der Waals surface area contributed by atoms with Crippen molar-refractivity contribution in [3.8, 4) is 0 Å². The Morgan fingerprint density at radius 2 is 1.53 bits per heavy atom. The molecule has 0 unspecified atom stereocenters. The van der Waals surface area contributed by atoms with E-state index < -0.39 is 0 Å². The first-order valence-electron chi connectivity index (χ1n) is 7.07. The molecule has 0 saturated heterocycles. The summed E-state index contributed by atoms with van der Waals surface area (Å²) in [6.07, 6.45) is 7.64. The predicted octanol–water partition coefficient (Wildman–Crippen LogP) is 3.73. The Morgan fingerprint density at radius 1 is 0.882 bits per heavy atom. The van der Waals surface area contributed by atoms with E-state index in [4.69, 9.17) is 0 Å². The van der Waals surface area contributed by atoms with Crippen LogP contribution in [0.2, 0.25) is 0 Å². The third-order valence-corrected chi connectivity index (χ3v) is 4.86. The van der Waals surface area contributed by atoms with Gasteiger partial charge in [-0.3, -0.25) is 0 Å². The molecule has 0 heterocycles. The molecule has 0 aromatic heterocycles. The van der Waals surface area contributed by atoms with Gasteiger partial charge in [-0.1, -0.05) is 56.0 Å². The minimum absolute atomic E-state index is 0.114. The minimum atomic E-state index is -0.114. The van der Waals surface area contributed by atoms with Crippen LogP contribution in [0.3, 0.4) is 0 Å². The molecule has 0 spiro atoms. The maximum atomic E-state index is 10.4. The zero-order chi connectivity index (χ0) is 11.7. The lowest BCUT2D eigenvalue weighted by Gasteiger charge is -2.42. The largest absolute Gasteiger partial charge is 0.392 e. The molecule has 0 radical (unpaired) electrons. The topological polar surface area (TPSA) is 20.2 Å². The summed E-state index contributed by atoms with van der Waals surface area (Å²) < 4.78 is 0. The fraction of sp³-hybridized carbons (Fsp3) is 0.625. The SMILES string of the molecule is O[C@H]1C[C@H]2CCCC[C@@H]2C[C@@H]1c1ccccc1. The highest BCUT2D eigenvalue weighted by molar-refractivity contribution is 5.21. The van der Waals surface area contributed by atoms with Crippen LogP contribution in [0.15, 0.2) is 30.3 Å². The average molecular weight is 230 g/mol. The number of hydrogen-bond acceptors (Lipinski definition) is 1. The quantitative estimate of drug-likeness (QED) is 0.779. The van der Waals surface area contributed by atoms with E-state index in [1.807, 2.05) is 0 Å². The Kier molecular flexibility index (Phi) is 3.19. The standard InChI is InChI=1S/C16H22O/c17-16-11-14-9-5-4-8-13(14)10-15(16)12-6-2-1-3-7-12/h1-3,6-7,13-17H,4-5,8-11H2/t13-,14-,15-,16+/m1/s1. The molecule has 3 rings (SSSR count). The lowest BCUT2D eigenvalue weighted by molar-refractivity contribution is 0.0294. The van der Waals surface area contributed by atoms with Crippen LogP contribution >= 0.6 is 0 Å². The third-order valence-electron chi connectivity index (χ3n) is 4.86. The molecule has 92 valence electrons. The summed E-state index contributed by atoms with van der Waals surface area (Å²) in [7, 11) is 0. The van der Waals surface area contributed by atoms with Crippen molar-refractivity contribution in [3.05, 3.63) is 35.9 Å². The van der Waals surface area contributed by atoms with Gasteiger partial charge in [-0.25, -0.2) is 0 Å². The van der Waals surface area contributed by atoms with Gasteiger partial charge in [-0.2, -0.15) is 0 Å². The second kappa shape index (κ2) is 4.81. The van der Waals surface area contributed by atoms with E-state index in [0.717, 1.165) is 18.3 Å². The van der Waals surface area contributed by atoms with Crippen LogP contribution in [0.5, 0.6) is 0 Å². The van der Waals surface area contributed by atoms with Gasteiger partial charge in [-0.05, 0) is 30.2 Å². The number of aliphatic hydroxyl groups excluding tert-OH is 1. The van der Waals surface area contributed by atoms with Gasteiger partial charge < -0.3 is 5.11 Å². The maximum Gasteiger partial charge on any atom is 0.0611 e. The summed E-state index contributed by atoms with van der Waals surface area (Å²) in [5.41, 5.74) is 1.34. The zero-order valence-electron chi connectivity index (χ0n) is 10.4. The van der Waals surface area contributed by atoms with Crippen molar-refractivity contribution in [1.29, 1.82) is 0 Å². The second-order valence-corrected chi connectivity index (χ2v) is 5.86. The first-order valence-corrected chi connectivity index (χ1v) is 7.07. The van der Waals surface area contributed by atoms with Crippen LogP contribution < -0.4 is 0 Å². The van der Waals surface area contributed by atoms with Crippen molar-refractivity contribution in [2.24, 2.45) is 11.8 Å². The van der Waals surface area contributed by atoms with Gasteiger partial charge in [0, 0.05) is 5.92 Å². The Bertz CT molecular complexity index is 359. The van der Waals surface area contributed by atoms with E-state index in [-0.39, 0.29) is 6.10 Å². The molecule has 2 aliphatic rings. The first-order chi connectivity index (χ1) is 8.34. The van der Waals surface area contributed by atoms with E-state index in [0.29, 0.717) is 5.92 Å². The molecular weight excluding hydrogens is 208 g/mol. The van der Waals surface area contributed by atoms with Crippen LogP contribution in [0.25, 0.3) is 0 Å². The van der Waals surface area contributed by atoms with Crippen molar-refractivity contribution < 1.29 is 5.11 Å². The highest BCUT2D eigenvalue weighted by Crippen LogP contribution is 2.46. The highest BCUT2D eigenvalue weighted by atomic mass is 16.3.